The molecule has 1 aromatic heterocycles. The molecule has 16 heavy (non-hydrogen) atoms. The van der Waals surface area contributed by atoms with Crippen molar-refractivity contribution in [3.05, 3.63) is 34.2 Å². The number of pyridine rings is 1. The lowest BCUT2D eigenvalue weighted by Gasteiger charge is -2.28. The van der Waals surface area contributed by atoms with Crippen LogP contribution in [0.1, 0.15) is 44.1 Å². The van der Waals surface area contributed by atoms with Crippen molar-refractivity contribution in [2.45, 2.75) is 39.2 Å². The molecule has 4 nitrogen and oxygen atoms in total. The number of aromatic amines is 1. The van der Waals surface area contributed by atoms with Gasteiger partial charge in [-0.25, -0.2) is 0 Å². The maximum absolute atomic E-state index is 11.8. The smallest absolute Gasteiger partial charge is 0.268 e. The minimum Gasteiger partial charge on any atom is -0.346 e. The molecule has 0 unspecified atom stereocenters. The van der Waals surface area contributed by atoms with E-state index in [2.05, 4.69) is 10.3 Å². The number of rotatable bonds is 4. The molecule has 0 fully saturated rings. The molecule has 0 aromatic carbocycles. The maximum atomic E-state index is 11.8. The minimum atomic E-state index is -0.262. The van der Waals surface area contributed by atoms with Crippen LogP contribution in [0.15, 0.2) is 23.0 Å². The second kappa shape index (κ2) is 4.96. The number of amides is 1. The molecule has 0 aliphatic rings. The molecule has 2 N–H and O–H groups in total. The summed E-state index contributed by atoms with van der Waals surface area (Å²) in [5, 5.41) is 2.93. The summed E-state index contributed by atoms with van der Waals surface area (Å²) in [4.78, 5) is 25.4. The van der Waals surface area contributed by atoms with E-state index in [1.807, 2.05) is 20.8 Å². The molecule has 0 aliphatic heterocycles. The van der Waals surface area contributed by atoms with Crippen molar-refractivity contribution in [2.75, 3.05) is 0 Å². The van der Waals surface area contributed by atoms with Gasteiger partial charge in [-0.15, -0.1) is 0 Å². The highest BCUT2D eigenvalue weighted by Crippen LogP contribution is 2.13. The Bertz CT molecular complexity index is 419. The number of carbonyl (C=O) groups is 1. The second-order valence-corrected chi connectivity index (χ2v) is 4.15. The van der Waals surface area contributed by atoms with Crippen molar-refractivity contribution in [1.82, 2.24) is 10.3 Å². The first-order valence-electron chi connectivity index (χ1n) is 5.52. The second-order valence-electron chi connectivity index (χ2n) is 4.15. The summed E-state index contributed by atoms with van der Waals surface area (Å²) in [6.45, 7) is 6.04. The number of hydrogen-bond acceptors (Lipinski definition) is 2. The monoisotopic (exact) mass is 222 g/mol. The number of nitrogens with one attached hydrogen (secondary N) is 2. The fourth-order valence-electron chi connectivity index (χ4n) is 1.35. The van der Waals surface area contributed by atoms with Gasteiger partial charge in [0.05, 0.1) is 0 Å². The highest BCUT2D eigenvalue weighted by atomic mass is 16.2. The first-order valence-corrected chi connectivity index (χ1v) is 5.52. The Balaban J connectivity index is 2.84. The topological polar surface area (TPSA) is 62.0 Å². The highest BCUT2D eigenvalue weighted by Gasteiger charge is 2.22. The van der Waals surface area contributed by atoms with Gasteiger partial charge in [-0.2, -0.15) is 0 Å². The number of hydrogen-bond donors (Lipinski definition) is 2. The molecular weight excluding hydrogens is 204 g/mol. The van der Waals surface area contributed by atoms with E-state index in [1.165, 1.54) is 6.07 Å². The van der Waals surface area contributed by atoms with Crippen LogP contribution in [0.4, 0.5) is 0 Å². The largest absolute Gasteiger partial charge is 0.346 e. The third-order valence-corrected chi connectivity index (χ3v) is 2.99. The Hall–Kier alpha value is -1.58. The van der Waals surface area contributed by atoms with E-state index in [9.17, 15) is 9.59 Å². The van der Waals surface area contributed by atoms with Crippen LogP contribution in [0.5, 0.6) is 0 Å². The van der Waals surface area contributed by atoms with E-state index in [0.717, 1.165) is 12.8 Å². The quantitative estimate of drug-likeness (QED) is 0.814. The lowest BCUT2D eigenvalue weighted by molar-refractivity contribution is 0.0895. The van der Waals surface area contributed by atoms with Gasteiger partial charge in [0.2, 0.25) is 5.56 Å². The van der Waals surface area contributed by atoms with Crippen molar-refractivity contribution < 1.29 is 4.79 Å². The van der Waals surface area contributed by atoms with Crippen LogP contribution in [0.3, 0.4) is 0 Å². The molecule has 0 saturated heterocycles. The first-order chi connectivity index (χ1) is 7.50. The summed E-state index contributed by atoms with van der Waals surface area (Å²) in [6.07, 6.45) is 1.71. The van der Waals surface area contributed by atoms with Crippen LogP contribution in [-0.2, 0) is 0 Å². The fourth-order valence-corrected chi connectivity index (χ4v) is 1.35. The molecule has 0 atom stereocenters. The number of aromatic nitrogens is 1. The van der Waals surface area contributed by atoms with E-state index >= 15 is 0 Å². The molecule has 0 radical (unpaired) electrons. The summed E-state index contributed by atoms with van der Waals surface area (Å²) in [5.74, 6) is -0.232. The zero-order chi connectivity index (χ0) is 12.2. The van der Waals surface area contributed by atoms with E-state index in [-0.39, 0.29) is 17.0 Å². The Morgan fingerprint density at radius 3 is 2.50 bits per heavy atom. The van der Waals surface area contributed by atoms with Gasteiger partial charge in [-0.05, 0) is 25.8 Å². The van der Waals surface area contributed by atoms with Crippen molar-refractivity contribution in [3.8, 4) is 0 Å². The van der Waals surface area contributed by atoms with Crippen molar-refractivity contribution in [2.24, 2.45) is 0 Å². The molecule has 1 aromatic rings. The van der Waals surface area contributed by atoms with Crippen molar-refractivity contribution in [1.29, 1.82) is 0 Å². The maximum Gasteiger partial charge on any atom is 0.268 e. The van der Waals surface area contributed by atoms with Gasteiger partial charge < -0.3 is 10.3 Å². The third-order valence-electron chi connectivity index (χ3n) is 2.99. The SMILES string of the molecule is CCC(C)(CC)NC(=O)c1cccc(=O)[nH]1. The molecule has 88 valence electrons. The Morgan fingerprint density at radius 2 is 2.00 bits per heavy atom. The van der Waals surface area contributed by atoms with Gasteiger partial charge in [-0.3, -0.25) is 9.59 Å². The Kier molecular flexibility index (Phi) is 3.88. The zero-order valence-corrected chi connectivity index (χ0v) is 9.96. The average Bonchev–Trinajstić information content (AvgIpc) is 2.29. The molecule has 0 saturated carbocycles. The first kappa shape index (κ1) is 12.5. The minimum absolute atomic E-state index is 0.218. The Labute approximate surface area is 95.1 Å². The third kappa shape index (κ3) is 2.95. The summed E-state index contributed by atoms with van der Waals surface area (Å²) in [6, 6.07) is 4.56. The van der Waals surface area contributed by atoms with Gasteiger partial charge in [0, 0.05) is 11.6 Å². The summed E-state index contributed by atoms with van der Waals surface area (Å²) in [5.41, 5.74) is -0.174. The van der Waals surface area contributed by atoms with E-state index in [1.54, 1.807) is 12.1 Å². The van der Waals surface area contributed by atoms with E-state index < -0.39 is 0 Å². The van der Waals surface area contributed by atoms with Crippen molar-refractivity contribution in [3.63, 3.8) is 0 Å². The molecular formula is C12H18N2O2. The molecule has 1 rings (SSSR count). The zero-order valence-electron chi connectivity index (χ0n) is 9.96. The summed E-state index contributed by atoms with van der Waals surface area (Å²) in [7, 11) is 0. The van der Waals surface area contributed by atoms with Gasteiger partial charge in [-0.1, -0.05) is 19.9 Å². The number of H-pyrrole nitrogens is 1. The van der Waals surface area contributed by atoms with Gasteiger partial charge in [0.1, 0.15) is 5.69 Å². The lowest BCUT2D eigenvalue weighted by atomic mass is 9.95. The van der Waals surface area contributed by atoms with E-state index in [0.29, 0.717) is 5.69 Å². The van der Waals surface area contributed by atoms with Crippen LogP contribution in [0.2, 0.25) is 0 Å². The molecule has 0 bridgehead atoms. The van der Waals surface area contributed by atoms with Gasteiger partial charge >= 0.3 is 0 Å². The van der Waals surface area contributed by atoms with Crippen LogP contribution in [-0.4, -0.2) is 16.4 Å². The van der Waals surface area contributed by atoms with Crippen molar-refractivity contribution >= 4 is 5.91 Å². The molecule has 1 amide bonds. The fraction of sp³-hybridized carbons (Fsp3) is 0.500. The van der Waals surface area contributed by atoms with Crippen LogP contribution in [0, 0.1) is 0 Å². The van der Waals surface area contributed by atoms with Crippen LogP contribution in [0.25, 0.3) is 0 Å². The summed E-state index contributed by atoms with van der Waals surface area (Å²) >= 11 is 0. The average molecular weight is 222 g/mol. The Morgan fingerprint density at radius 1 is 1.38 bits per heavy atom. The molecule has 1 heterocycles. The predicted molar refractivity (Wildman–Crippen MR) is 63.5 cm³/mol. The standard InChI is InChI=1S/C12H18N2O2/c1-4-12(3,5-2)14-11(16)9-7-6-8-10(15)13-9/h6-8H,4-5H2,1-3H3,(H,13,15)(H,14,16). The number of carbonyl (C=O) groups excluding carboxylic acids is 1. The predicted octanol–water partition coefficient (Wildman–Crippen LogP) is 1.68. The molecule has 4 heteroatoms. The summed E-state index contributed by atoms with van der Waals surface area (Å²) < 4.78 is 0. The normalized spacial score (nSPS) is 11.2. The highest BCUT2D eigenvalue weighted by molar-refractivity contribution is 5.92. The van der Waals surface area contributed by atoms with Gasteiger partial charge in [0.15, 0.2) is 0 Å². The van der Waals surface area contributed by atoms with E-state index in [4.69, 9.17) is 0 Å². The lowest BCUT2D eigenvalue weighted by Crippen LogP contribution is -2.45. The molecule has 0 spiro atoms. The van der Waals surface area contributed by atoms with Gasteiger partial charge in [0.25, 0.3) is 5.91 Å². The van der Waals surface area contributed by atoms with Crippen LogP contribution < -0.4 is 10.9 Å². The van der Waals surface area contributed by atoms with Crippen LogP contribution >= 0.6 is 0 Å². The molecule has 0 aliphatic carbocycles.